The summed E-state index contributed by atoms with van der Waals surface area (Å²) < 4.78 is 39.9. The van der Waals surface area contributed by atoms with Gasteiger partial charge in [0.15, 0.2) is 0 Å². The van der Waals surface area contributed by atoms with Crippen LogP contribution in [0.2, 0.25) is 5.02 Å². The van der Waals surface area contributed by atoms with E-state index in [-0.39, 0.29) is 21.5 Å². The van der Waals surface area contributed by atoms with Crippen LogP contribution in [0.15, 0.2) is 53.4 Å². The Hall–Kier alpha value is -2.40. The van der Waals surface area contributed by atoms with Crippen LogP contribution in [0.25, 0.3) is 0 Å². The first-order chi connectivity index (χ1) is 12.8. The van der Waals surface area contributed by atoms with Crippen molar-refractivity contribution in [3.63, 3.8) is 0 Å². The summed E-state index contributed by atoms with van der Waals surface area (Å²) in [6.45, 7) is -0.173. The Balaban J connectivity index is 1.65. The third-order valence-corrected chi connectivity index (χ3v) is 5.92. The van der Waals surface area contributed by atoms with Gasteiger partial charge in [0.25, 0.3) is 5.91 Å². The van der Waals surface area contributed by atoms with Crippen LogP contribution in [0.4, 0.5) is 10.1 Å². The van der Waals surface area contributed by atoms with E-state index in [4.69, 9.17) is 11.6 Å². The number of hydrogen-bond acceptors (Lipinski definition) is 6. The lowest BCUT2D eigenvalue weighted by Crippen LogP contribution is -2.23. The van der Waals surface area contributed by atoms with Crippen LogP contribution in [-0.4, -0.2) is 24.5 Å². The van der Waals surface area contributed by atoms with Crippen molar-refractivity contribution in [2.24, 2.45) is 0 Å². The summed E-state index contributed by atoms with van der Waals surface area (Å²) in [5, 5.41) is 10.3. The van der Waals surface area contributed by atoms with Gasteiger partial charge in [0.05, 0.1) is 16.5 Å². The summed E-state index contributed by atoms with van der Waals surface area (Å²) >= 11 is 6.56. The molecule has 1 amide bonds. The second-order valence-electron chi connectivity index (χ2n) is 5.22. The zero-order chi connectivity index (χ0) is 19.4. The zero-order valence-corrected chi connectivity index (χ0v) is 15.9. The van der Waals surface area contributed by atoms with E-state index in [1.54, 1.807) is 24.3 Å². The number of sulfonamides is 1. The van der Waals surface area contributed by atoms with E-state index in [1.807, 2.05) is 6.07 Å². The molecule has 0 atom stereocenters. The standard InChI is InChI=1S/C16H12ClFN4O3S2/c17-12-8-11(6-7-13(12)18)27(24,25)19-9-14-21-22-16(26-14)15(23)20-10-4-2-1-3-5-10/h1-8,19H,9H2,(H,20,23). The molecule has 0 bridgehead atoms. The molecule has 0 saturated heterocycles. The maximum atomic E-state index is 13.2. The van der Waals surface area contributed by atoms with Gasteiger partial charge >= 0.3 is 0 Å². The third-order valence-electron chi connectivity index (χ3n) is 3.31. The van der Waals surface area contributed by atoms with Gasteiger partial charge in [-0.3, -0.25) is 4.79 Å². The van der Waals surface area contributed by atoms with Crippen molar-refractivity contribution < 1.29 is 17.6 Å². The minimum Gasteiger partial charge on any atom is -0.320 e. The molecule has 0 spiro atoms. The fraction of sp³-hybridized carbons (Fsp3) is 0.0625. The lowest BCUT2D eigenvalue weighted by atomic mass is 10.3. The Labute approximate surface area is 163 Å². The Morgan fingerprint density at radius 3 is 2.59 bits per heavy atom. The van der Waals surface area contributed by atoms with Crippen molar-refractivity contribution >= 4 is 44.6 Å². The van der Waals surface area contributed by atoms with Crippen LogP contribution < -0.4 is 10.0 Å². The zero-order valence-electron chi connectivity index (χ0n) is 13.5. The van der Waals surface area contributed by atoms with E-state index in [0.29, 0.717) is 10.7 Å². The van der Waals surface area contributed by atoms with Crippen molar-refractivity contribution in [3.05, 3.63) is 69.4 Å². The van der Waals surface area contributed by atoms with Crippen molar-refractivity contribution in [2.75, 3.05) is 5.32 Å². The van der Waals surface area contributed by atoms with Gasteiger partial charge in [-0.05, 0) is 30.3 Å². The number of para-hydroxylation sites is 1. The van der Waals surface area contributed by atoms with E-state index >= 15 is 0 Å². The van der Waals surface area contributed by atoms with E-state index in [2.05, 4.69) is 20.2 Å². The van der Waals surface area contributed by atoms with Crippen LogP contribution >= 0.6 is 22.9 Å². The summed E-state index contributed by atoms with van der Waals surface area (Å²) in [4.78, 5) is 11.9. The lowest BCUT2D eigenvalue weighted by Gasteiger charge is -2.05. The minimum atomic E-state index is -3.92. The van der Waals surface area contributed by atoms with Crippen LogP contribution in [-0.2, 0) is 16.6 Å². The number of aromatic nitrogens is 2. The molecule has 0 fully saturated rings. The van der Waals surface area contributed by atoms with Gasteiger partial charge in [0.1, 0.15) is 10.8 Å². The number of hydrogen-bond donors (Lipinski definition) is 2. The molecule has 0 unspecified atom stereocenters. The molecule has 2 aromatic carbocycles. The normalized spacial score (nSPS) is 11.3. The van der Waals surface area contributed by atoms with Gasteiger partial charge in [-0.15, -0.1) is 10.2 Å². The molecule has 0 radical (unpaired) electrons. The molecular formula is C16H12ClFN4O3S2. The molecule has 1 aromatic heterocycles. The van der Waals surface area contributed by atoms with Crippen molar-refractivity contribution in [1.29, 1.82) is 0 Å². The van der Waals surface area contributed by atoms with Crippen LogP contribution in [0.5, 0.6) is 0 Å². The van der Waals surface area contributed by atoms with Gasteiger partial charge in [0, 0.05) is 5.69 Å². The fourth-order valence-electron chi connectivity index (χ4n) is 2.01. The largest absolute Gasteiger partial charge is 0.320 e. The predicted molar refractivity (Wildman–Crippen MR) is 99.7 cm³/mol. The SMILES string of the molecule is O=C(Nc1ccccc1)c1nnc(CNS(=O)(=O)c2ccc(F)c(Cl)c2)s1. The fourth-order valence-corrected chi connectivity index (χ4v) is 4.03. The smallest absolute Gasteiger partial charge is 0.286 e. The molecular weight excluding hydrogens is 415 g/mol. The number of carbonyl (C=O) groups excluding carboxylic acids is 1. The van der Waals surface area contributed by atoms with Gasteiger partial charge in [0.2, 0.25) is 15.0 Å². The molecule has 11 heteroatoms. The Bertz CT molecular complexity index is 1070. The first-order valence-corrected chi connectivity index (χ1v) is 10.2. The summed E-state index contributed by atoms with van der Waals surface area (Å²) in [6, 6.07) is 11.9. The average Bonchev–Trinajstić information content (AvgIpc) is 3.12. The Kier molecular flexibility index (Phi) is 5.80. The number of rotatable bonds is 6. The van der Waals surface area contributed by atoms with Gasteiger partial charge in [-0.2, -0.15) is 0 Å². The first-order valence-electron chi connectivity index (χ1n) is 7.48. The number of benzene rings is 2. The molecule has 0 aliphatic carbocycles. The van der Waals surface area contributed by atoms with Crippen LogP contribution in [0.1, 0.15) is 14.8 Å². The second-order valence-corrected chi connectivity index (χ2v) is 8.46. The molecule has 27 heavy (non-hydrogen) atoms. The molecule has 140 valence electrons. The summed E-state index contributed by atoms with van der Waals surface area (Å²) in [5.41, 5.74) is 0.605. The highest BCUT2D eigenvalue weighted by molar-refractivity contribution is 7.89. The molecule has 2 N–H and O–H groups in total. The van der Waals surface area contributed by atoms with Crippen molar-refractivity contribution in [2.45, 2.75) is 11.4 Å². The lowest BCUT2D eigenvalue weighted by molar-refractivity contribution is 0.102. The Morgan fingerprint density at radius 1 is 1.15 bits per heavy atom. The number of anilines is 1. The monoisotopic (exact) mass is 426 g/mol. The number of nitrogens with zero attached hydrogens (tertiary/aromatic N) is 2. The third kappa shape index (κ3) is 4.86. The summed E-state index contributed by atoms with van der Waals surface area (Å²) in [6.07, 6.45) is 0. The summed E-state index contributed by atoms with van der Waals surface area (Å²) in [5.74, 6) is -1.16. The molecule has 0 saturated carbocycles. The van der Waals surface area contributed by atoms with E-state index in [1.165, 1.54) is 0 Å². The maximum Gasteiger partial charge on any atom is 0.286 e. The minimum absolute atomic E-state index is 0.0953. The molecule has 3 rings (SSSR count). The van der Waals surface area contributed by atoms with Gasteiger partial charge < -0.3 is 5.32 Å². The number of nitrogens with one attached hydrogen (secondary N) is 2. The van der Waals surface area contributed by atoms with E-state index in [9.17, 15) is 17.6 Å². The molecule has 0 aliphatic heterocycles. The quantitative estimate of drug-likeness (QED) is 0.630. The maximum absolute atomic E-state index is 13.2. The molecule has 7 nitrogen and oxygen atoms in total. The molecule has 3 aromatic rings. The topological polar surface area (TPSA) is 101 Å². The van der Waals surface area contributed by atoms with E-state index in [0.717, 1.165) is 29.5 Å². The molecule has 1 heterocycles. The highest BCUT2D eigenvalue weighted by Gasteiger charge is 2.18. The number of carbonyl (C=O) groups is 1. The van der Waals surface area contributed by atoms with Crippen LogP contribution in [0, 0.1) is 5.82 Å². The predicted octanol–water partition coefficient (Wildman–Crippen LogP) is 3.06. The first kappa shape index (κ1) is 19.4. The number of amides is 1. The second kappa shape index (κ2) is 8.09. The number of halogens is 2. The highest BCUT2D eigenvalue weighted by atomic mass is 35.5. The highest BCUT2D eigenvalue weighted by Crippen LogP contribution is 2.20. The van der Waals surface area contributed by atoms with Gasteiger partial charge in [-0.1, -0.05) is 41.1 Å². The Morgan fingerprint density at radius 2 is 1.89 bits per heavy atom. The molecule has 0 aliphatic rings. The summed E-state index contributed by atoms with van der Waals surface area (Å²) in [7, 11) is -3.92. The van der Waals surface area contributed by atoms with Gasteiger partial charge in [-0.25, -0.2) is 17.5 Å². The van der Waals surface area contributed by atoms with Crippen LogP contribution in [0.3, 0.4) is 0 Å². The van der Waals surface area contributed by atoms with E-state index < -0.39 is 21.7 Å². The van der Waals surface area contributed by atoms with Crippen molar-refractivity contribution in [3.8, 4) is 0 Å². The average molecular weight is 427 g/mol. The van der Waals surface area contributed by atoms with Crippen molar-refractivity contribution in [1.82, 2.24) is 14.9 Å².